The number of carbonyl (C=O) groups excluding carboxylic acids is 1. The summed E-state index contributed by atoms with van der Waals surface area (Å²) in [4.78, 5) is 22.5. The van der Waals surface area contributed by atoms with Crippen LogP contribution in [0.15, 0.2) is 36.7 Å². The van der Waals surface area contributed by atoms with Gasteiger partial charge in [-0.25, -0.2) is 14.4 Å². The Morgan fingerprint density at radius 1 is 1.46 bits per heavy atom. The van der Waals surface area contributed by atoms with Crippen molar-refractivity contribution in [1.82, 2.24) is 15.0 Å². The van der Waals surface area contributed by atoms with Gasteiger partial charge in [0.05, 0.1) is 18.0 Å². The monoisotopic (exact) mass is 326 g/mol. The molecule has 2 heterocycles. The Morgan fingerprint density at radius 2 is 2.25 bits per heavy atom. The number of amides is 1. The molecule has 6 nitrogen and oxygen atoms in total. The average Bonchev–Trinajstić information content (AvgIpc) is 2.94. The molecule has 0 spiro atoms. The van der Waals surface area contributed by atoms with E-state index in [0.717, 1.165) is 0 Å². The molecule has 0 bridgehead atoms. The van der Waals surface area contributed by atoms with Crippen molar-refractivity contribution in [1.29, 1.82) is 0 Å². The third-order valence-electron chi connectivity index (χ3n) is 3.58. The number of H-pyrrole nitrogens is 1. The van der Waals surface area contributed by atoms with E-state index in [1.165, 1.54) is 37.4 Å². The third-order valence-corrected chi connectivity index (χ3v) is 3.58. The molecule has 7 heteroatoms. The SMILES string of the molecule is CC(O)c1ccc(-c2cnc3[nH]cc(C=CC(N)=O)c3n2)cc1F. The molecule has 24 heavy (non-hydrogen) atoms. The molecule has 1 atom stereocenters. The van der Waals surface area contributed by atoms with Crippen molar-refractivity contribution in [3.8, 4) is 11.3 Å². The van der Waals surface area contributed by atoms with Gasteiger partial charge in [0.2, 0.25) is 5.91 Å². The highest BCUT2D eigenvalue weighted by Crippen LogP contribution is 2.25. The van der Waals surface area contributed by atoms with Crippen molar-refractivity contribution in [2.45, 2.75) is 13.0 Å². The van der Waals surface area contributed by atoms with E-state index >= 15 is 0 Å². The number of aliphatic hydroxyl groups excluding tert-OH is 1. The molecule has 1 aromatic carbocycles. The number of nitrogens with two attached hydrogens (primary N) is 1. The van der Waals surface area contributed by atoms with E-state index in [0.29, 0.717) is 28.0 Å². The predicted molar refractivity (Wildman–Crippen MR) is 88.1 cm³/mol. The van der Waals surface area contributed by atoms with Crippen LogP contribution in [-0.2, 0) is 4.79 Å². The molecule has 3 rings (SSSR count). The number of halogens is 1. The lowest BCUT2D eigenvalue weighted by molar-refractivity contribution is -0.113. The van der Waals surface area contributed by atoms with Crippen LogP contribution in [0.1, 0.15) is 24.2 Å². The molecule has 0 aliphatic carbocycles. The fourth-order valence-corrected chi connectivity index (χ4v) is 2.37. The molecule has 0 aliphatic rings. The average molecular weight is 326 g/mol. The normalized spacial score (nSPS) is 12.8. The number of aromatic amines is 1. The van der Waals surface area contributed by atoms with Crippen LogP contribution in [-0.4, -0.2) is 26.0 Å². The fourth-order valence-electron chi connectivity index (χ4n) is 2.37. The number of nitrogens with zero attached hydrogens (tertiary/aromatic N) is 2. The summed E-state index contributed by atoms with van der Waals surface area (Å²) in [5.41, 5.74) is 8.08. The molecule has 4 N–H and O–H groups in total. The summed E-state index contributed by atoms with van der Waals surface area (Å²) in [6.45, 7) is 1.50. The zero-order valence-electron chi connectivity index (χ0n) is 12.8. The Morgan fingerprint density at radius 3 is 2.92 bits per heavy atom. The van der Waals surface area contributed by atoms with Crippen LogP contribution in [0, 0.1) is 5.82 Å². The maximum Gasteiger partial charge on any atom is 0.241 e. The van der Waals surface area contributed by atoms with Crippen LogP contribution in [0.4, 0.5) is 4.39 Å². The van der Waals surface area contributed by atoms with Gasteiger partial charge in [0.15, 0.2) is 5.65 Å². The van der Waals surface area contributed by atoms with Crippen LogP contribution < -0.4 is 5.73 Å². The van der Waals surface area contributed by atoms with Crippen LogP contribution >= 0.6 is 0 Å². The number of aromatic nitrogens is 3. The highest BCUT2D eigenvalue weighted by molar-refractivity contribution is 5.93. The molecule has 1 unspecified atom stereocenters. The second-order valence-electron chi connectivity index (χ2n) is 5.34. The first-order valence-corrected chi connectivity index (χ1v) is 7.25. The summed E-state index contributed by atoms with van der Waals surface area (Å²) >= 11 is 0. The van der Waals surface area contributed by atoms with Gasteiger partial charge in [-0.05, 0) is 19.1 Å². The van der Waals surface area contributed by atoms with Gasteiger partial charge in [-0.3, -0.25) is 4.79 Å². The molecule has 0 saturated carbocycles. The molecule has 0 radical (unpaired) electrons. The maximum atomic E-state index is 14.1. The first-order valence-electron chi connectivity index (χ1n) is 7.25. The largest absolute Gasteiger partial charge is 0.389 e. The van der Waals surface area contributed by atoms with E-state index in [4.69, 9.17) is 5.73 Å². The lowest BCUT2D eigenvalue weighted by Crippen LogP contribution is -2.05. The zero-order chi connectivity index (χ0) is 17.3. The van der Waals surface area contributed by atoms with Crippen molar-refractivity contribution in [2.75, 3.05) is 0 Å². The predicted octanol–water partition coefficient (Wildman–Crippen LogP) is 2.32. The minimum atomic E-state index is -0.886. The van der Waals surface area contributed by atoms with Gasteiger partial charge in [0.1, 0.15) is 11.3 Å². The molecule has 0 saturated heterocycles. The summed E-state index contributed by atoms with van der Waals surface area (Å²) in [6.07, 6.45) is 5.07. The zero-order valence-corrected chi connectivity index (χ0v) is 12.8. The van der Waals surface area contributed by atoms with Crippen LogP contribution in [0.5, 0.6) is 0 Å². The fraction of sp³-hybridized carbons (Fsp3) is 0.118. The van der Waals surface area contributed by atoms with Gasteiger partial charge < -0.3 is 15.8 Å². The number of hydrogen-bond donors (Lipinski definition) is 3. The second-order valence-corrected chi connectivity index (χ2v) is 5.34. The highest BCUT2D eigenvalue weighted by Gasteiger charge is 2.12. The van der Waals surface area contributed by atoms with Gasteiger partial charge in [-0.1, -0.05) is 12.1 Å². The Balaban J connectivity index is 2.06. The minimum Gasteiger partial charge on any atom is -0.389 e. The van der Waals surface area contributed by atoms with Gasteiger partial charge in [-0.15, -0.1) is 0 Å². The Hall–Kier alpha value is -3.06. The van der Waals surface area contributed by atoms with Crippen molar-refractivity contribution in [3.05, 3.63) is 53.6 Å². The Labute approximate surface area is 136 Å². The standard InChI is InChI=1S/C17H15FN4O2/c1-9(23)12-4-2-10(6-13(12)18)14-8-21-17-16(22-14)11(7-20-17)3-5-15(19)24/h2-9,23H,1H3,(H2,19,24)(H,20,21). The topological polar surface area (TPSA) is 105 Å². The molecule has 0 fully saturated rings. The number of carbonyl (C=O) groups is 1. The summed E-state index contributed by atoms with van der Waals surface area (Å²) in [6, 6.07) is 4.50. The number of benzene rings is 1. The smallest absolute Gasteiger partial charge is 0.241 e. The number of rotatable bonds is 4. The number of aliphatic hydroxyl groups is 1. The van der Waals surface area contributed by atoms with Gasteiger partial charge in [-0.2, -0.15) is 0 Å². The molecular weight excluding hydrogens is 311 g/mol. The van der Waals surface area contributed by atoms with Crippen LogP contribution in [0.2, 0.25) is 0 Å². The van der Waals surface area contributed by atoms with Gasteiger partial charge in [0.25, 0.3) is 0 Å². The van der Waals surface area contributed by atoms with E-state index in [1.807, 2.05) is 0 Å². The molecular formula is C17H15FN4O2. The molecule has 2 aromatic heterocycles. The molecule has 122 valence electrons. The third kappa shape index (κ3) is 3.02. The first kappa shape index (κ1) is 15.8. The summed E-state index contributed by atoms with van der Waals surface area (Å²) < 4.78 is 14.1. The quantitative estimate of drug-likeness (QED) is 0.640. The molecule has 3 aromatic rings. The van der Waals surface area contributed by atoms with Crippen molar-refractivity contribution in [3.63, 3.8) is 0 Å². The van der Waals surface area contributed by atoms with Crippen LogP contribution in [0.25, 0.3) is 28.5 Å². The van der Waals surface area contributed by atoms with Crippen LogP contribution in [0.3, 0.4) is 0 Å². The lowest BCUT2D eigenvalue weighted by atomic mass is 10.1. The number of fused-ring (bicyclic) bond motifs is 1. The number of nitrogens with one attached hydrogen (secondary N) is 1. The lowest BCUT2D eigenvalue weighted by Gasteiger charge is -2.08. The maximum absolute atomic E-state index is 14.1. The van der Waals surface area contributed by atoms with E-state index in [-0.39, 0.29) is 5.56 Å². The first-order chi connectivity index (χ1) is 11.5. The van der Waals surface area contributed by atoms with E-state index in [9.17, 15) is 14.3 Å². The Kier molecular flexibility index (Phi) is 4.09. The molecule has 1 amide bonds. The van der Waals surface area contributed by atoms with E-state index in [2.05, 4.69) is 15.0 Å². The second kappa shape index (κ2) is 6.21. The number of primary amides is 1. The highest BCUT2D eigenvalue weighted by atomic mass is 19.1. The van der Waals surface area contributed by atoms with Crippen molar-refractivity contribution >= 4 is 23.1 Å². The van der Waals surface area contributed by atoms with Crippen molar-refractivity contribution in [2.24, 2.45) is 5.73 Å². The van der Waals surface area contributed by atoms with E-state index < -0.39 is 17.8 Å². The van der Waals surface area contributed by atoms with Crippen molar-refractivity contribution < 1.29 is 14.3 Å². The van der Waals surface area contributed by atoms with E-state index in [1.54, 1.807) is 12.3 Å². The number of hydrogen-bond acceptors (Lipinski definition) is 4. The minimum absolute atomic E-state index is 0.222. The molecule has 0 aliphatic heterocycles. The van der Waals surface area contributed by atoms with Gasteiger partial charge in [0, 0.05) is 29.0 Å². The summed E-state index contributed by atoms with van der Waals surface area (Å²) in [5.74, 6) is -1.07. The summed E-state index contributed by atoms with van der Waals surface area (Å²) in [7, 11) is 0. The van der Waals surface area contributed by atoms with Gasteiger partial charge >= 0.3 is 0 Å². The Bertz CT molecular complexity index is 947. The summed E-state index contributed by atoms with van der Waals surface area (Å²) in [5, 5.41) is 9.50.